The first-order valence-corrected chi connectivity index (χ1v) is 13.5. The van der Waals surface area contributed by atoms with E-state index in [1.54, 1.807) is 56.3 Å². The van der Waals surface area contributed by atoms with Crippen molar-refractivity contribution >= 4 is 50.7 Å². The van der Waals surface area contributed by atoms with E-state index in [9.17, 15) is 18.0 Å². The molecule has 0 radical (unpaired) electrons. The maximum Gasteiger partial charge on any atom is 0.244 e. The van der Waals surface area contributed by atoms with Gasteiger partial charge >= 0.3 is 0 Å². The molecule has 2 aromatic rings. The summed E-state index contributed by atoms with van der Waals surface area (Å²) >= 11 is 12.4. The summed E-state index contributed by atoms with van der Waals surface area (Å²) in [5, 5.41) is 3.76. The maximum absolute atomic E-state index is 13.6. The molecule has 10 heteroatoms. The van der Waals surface area contributed by atoms with Crippen LogP contribution in [0, 0.1) is 6.92 Å². The van der Waals surface area contributed by atoms with Crippen molar-refractivity contribution in [3.63, 3.8) is 0 Å². The molecule has 34 heavy (non-hydrogen) atoms. The van der Waals surface area contributed by atoms with Crippen molar-refractivity contribution < 1.29 is 18.0 Å². The van der Waals surface area contributed by atoms with Gasteiger partial charge in [0.2, 0.25) is 21.8 Å². The highest BCUT2D eigenvalue weighted by Gasteiger charge is 2.32. The Morgan fingerprint density at radius 1 is 1.09 bits per heavy atom. The maximum atomic E-state index is 13.6. The van der Waals surface area contributed by atoms with Gasteiger partial charge in [-0.3, -0.25) is 13.9 Å². The minimum Gasteiger partial charge on any atom is -0.352 e. The van der Waals surface area contributed by atoms with E-state index in [1.807, 2.05) is 13.8 Å². The van der Waals surface area contributed by atoms with Gasteiger partial charge in [-0.1, -0.05) is 48.3 Å². The Labute approximate surface area is 212 Å². The first-order valence-electron chi connectivity index (χ1n) is 10.9. The number of carbonyl (C=O) groups excluding carboxylic acids is 2. The zero-order valence-corrected chi connectivity index (χ0v) is 22.3. The molecule has 186 valence electrons. The quantitative estimate of drug-likeness (QED) is 0.495. The molecule has 0 spiro atoms. The zero-order valence-electron chi connectivity index (χ0n) is 20.0. The molecular formula is C24H31Cl2N3O4S. The minimum absolute atomic E-state index is 0.0553. The number of rotatable bonds is 10. The Balaban J connectivity index is 2.49. The van der Waals surface area contributed by atoms with Gasteiger partial charge in [0.1, 0.15) is 12.6 Å². The smallest absolute Gasteiger partial charge is 0.244 e. The minimum atomic E-state index is -3.82. The van der Waals surface area contributed by atoms with Crippen molar-refractivity contribution in [2.45, 2.75) is 52.7 Å². The monoisotopic (exact) mass is 527 g/mol. The van der Waals surface area contributed by atoms with Crippen LogP contribution in [0.2, 0.25) is 10.0 Å². The third-order valence-corrected chi connectivity index (χ3v) is 6.95. The molecule has 0 saturated carbocycles. The van der Waals surface area contributed by atoms with Crippen LogP contribution >= 0.6 is 23.2 Å². The van der Waals surface area contributed by atoms with E-state index in [0.29, 0.717) is 33.3 Å². The number of anilines is 1. The van der Waals surface area contributed by atoms with Gasteiger partial charge in [0.05, 0.1) is 11.9 Å². The summed E-state index contributed by atoms with van der Waals surface area (Å²) in [6.07, 6.45) is 1.38. The highest BCUT2D eigenvalue weighted by Crippen LogP contribution is 2.26. The van der Waals surface area contributed by atoms with E-state index in [0.717, 1.165) is 10.6 Å². The normalized spacial score (nSPS) is 12.4. The molecule has 7 nitrogen and oxygen atoms in total. The first kappa shape index (κ1) is 28.0. The predicted octanol–water partition coefficient (Wildman–Crippen LogP) is 4.40. The first-order chi connectivity index (χ1) is 15.8. The standard InChI is InChI=1S/C24H31Cl2N3O4S/c1-6-21(24(31)27-16(2)3)28(14-18-9-7-8-10-20(18)26)23(30)15-29(34(5,32)33)22-12-11-19(25)13-17(22)4/h7-13,16,21H,6,14-15H2,1-5H3,(H,27,31)/t21-/m1/s1. The number of carbonyl (C=O) groups is 2. The molecule has 0 aliphatic heterocycles. The summed E-state index contributed by atoms with van der Waals surface area (Å²) in [5.74, 6) is -0.836. The molecule has 0 aliphatic rings. The number of sulfonamides is 1. The van der Waals surface area contributed by atoms with Crippen molar-refractivity contribution in [3.05, 3.63) is 63.6 Å². The fraction of sp³-hybridized carbons (Fsp3) is 0.417. The molecule has 2 rings (SSSR count). The van der Waals surface area contributed by atoms with Crippen LogP contribution in [-0.2, 0) is 26.2 Å². The molecule has 0 saturated heterocycles. The second-order valence-electron chi connectivity index (χ2n) is 8.40. The molecular weight excluding hydrogens is 497 g/mol. The Kier molecular flexibility index (Phi) is 9.79. The van der Waals surface area contributed by atoms with Crippen LogP contribution in [0.3, 0.4) is 0 Å². The van der Waals surface area contributed by atoms with Gasteiger partial charge < -0.3 is 10.2 Å². The Morgan fingerprint density at radius 3 is 2.26 bits per heavy atom. The SMILES string of the molecule is CC[C@H](C(=O)NC(C)C)N(Cc1ccccc1Cl)C(=O)CN(c1ccc(Cl)cc1C)S(C)(=O)=O. The van der Waals surface area contributed by atoms with Gasteiger partial charge in [0, 0.05) is 22.6 Å². The van der Waals surface area contributed by atoms with Crippen LogP contribution in [0.5, 0.6) is 0 Å². The second kappa shape index (κ2) is 11.9. The summed E-state index contributed by atoms with van der Waals surface area (Å²) < 4.78 is 26.4. The van der Waals surface area contributed by atoms with E-state index >= 15 is 0 Å². The second-order valence-corrected chi connectivity index (χ2v) is 11.2. The van der Waals surface area contributed by atoms with Gasteiger partial charge in [-0.2, -0.15) is 0 Å². The van der Waals surface area contributed by atoms with Gasteiger partial charge in [0.25, 0.3) is 0 Å². The van der Waals surface area contributed by atoms with Gasteiger partial charge in [-0.15, -0.1) is 0 Å². The number of nitrogens with zero attached hydrogens (tertiary/aromatic N) is 2. The Morgan fingerprint density at radius 2 is 1.74 bits per heavy atom. The molecule has 0 aliphatic carbocycles. The number of hydrogen-bond donors (Lipinski definition) is 1. The van der Waals surface area contributed by atoms with Crippen LogP contribution in [0.4, 0.5) is 5.69 Å². The summed E-state index contributed by atoms with van der Waals surface area (Å²) in [6, 6.07) is 10.9. The summed E-state index contributed by atoms with van der Waals surface area (Å²) in [6.45, 7) is 6.77. The molecule has 0 heterocycles. The van der Waals surface area contributed by atoms with Crippen LogP contribution in [0.25, 0.3) is 0 Å². The molecule has 2 amide bonds. The lowest BCUT2D eigenvalue weighted by atomic mass is 10.1. The van der Waals surface area contributed by atoms with E-state index < -0.39 is 28.5 Å². The van der Waals surface area contributed by atoms with Gasteiger partial charge in [-0.05, 0) is 62.6 Å². The average molecular weight is 529 g/mol. The lowest BCUT2D eigenvalue weighted by molar-refractivity contribution is -0.140. The number of amides is 2. The van der Waals surface area contributed by atoms with Crippen molar-refractivity contribution in [3.8, 4) is 0 Å². The van der Waals surface area contributed by atoms with Crippen molar-refractivity contribution in [1.82, 2.24) is 10.2 Å². The third kappa shape index (κ3) is 7.35. The topological polar surface area (TPSA) is 86.8 Å². The van der Waals surface area contributed by atoms with Crippen LogP contribution in [0.1, 0.15) is 38.3 Å². The van der Waals surface area contributed by atoms with Crippen molar-refractivity contribution in [1.29, 1.82) is 0 Å². The highest BCUT2D eigenvalue weighted by atomic mass is 35.5. The van der Waals surface area contributed by atoms with E-state index in [1.165, 1.54) is 4.90 Å². The number of hydrogen-bond acceptors (Lipinski definition) is 4. The van der Waals surface area contributed by atoms with Crippen LogP contribution < -0.4 is 9.62 Å². The number of nitrogens with one attached hydrogen (secondary N) is 1. The largest absolute Gasteiger partial charge is 0.352 e. The number of aryl methyl sites for hydroxylation is 1. The van der Waals surface area contributed by atoms with Gasteiger partial charge in [0.15, 0.2) is 0 Å². The Hall–Kier alpha value is -2.29. The molecule has 0 bridgehead atoms. The molecule has 1 N–H and O–H groups in total. The molecule has 0 unspecified atom stereocenters. The fourth-order valence-electron chi connectivity index (χ4n) is 3.60. The van der Waals surface area contributed by atoms with Crippen molar-refractivity contribution in [2.75, 3.05) is 17.1 Å². The van der Waals surface area contributed by atoms with E-state index in [2.05, 4.69) is 5.32 Å². The van der Waals surface area contributed by atoms with Crippen molar-refractivity contribution in [2.24, 2.45) is 0 Å². The zero-order chi connectivity index (χ0) is 25.6. The average Bonchev–Trinajstić information content (AvgIpc) is 2.72. The predicted molar refractivity (Wildman–Crippen MR) is 138 cm³/mol. The number of halogens is 2. The third-order valence-electron chi connectivity index (χ3n) is 5.22. The summed E-state index contributed by atoms with van der Waals surface area (Å²) in [5.41, 5.74) is 1.60. The molecule has 1 atom stereocenters. The molecule has 0 aromatic heterocycles. The summed E-state index contributed by atoms with van der Waals surface area (Å²) in [7, 11) is -3.82. The highest BCUT2D eigenvalue weighted by molar-refractivity contribution is 7.92. The van der Waals surface area contributed by atoms with Gasteiger partial charge in [-0.25, -0.2) is 8.42 Å². The fourth-order valence-corrected chi connectivity index (χ4v) is 4.93. The number of benzene rings is 2. The molecule has 0 fully saturated rings. The van der Waals surface area contributed by atoms with E-state index in [-0.39, 0.29) is 18.5 Å². The van der Waals surface area contributed by atoms with E-state index in [4.69, 9.17) is 23.2 Å². The van der Waals surface area contributed by atoms with Crippen LogP contribution in [-0.4, -0.2) is 50.0 Å². The Bertz CT molecular complexity index is 1140. The summed E-state index contributed by atoms with van der Waals surface area (Å²) in [4.78, 5) is 28.0. The lowest BCUT2D eigenvalue weighted by Crippen LogP contribution is -2.53. The van der Waals surface area contributed by atoms with Crippen LogP contribution in [0.15, 0.2) is 42.5 Å². The molecule has 2 aromatic carbocycles. The lowest BCUT2D eigenvalue weighted by Gasteiger charge is -2.33.